The molecule has 1 saturated heterocycles. The molecule has 0 spiro atoms. The summed E-state index contributed by atoms with van der Waals surface area (Å²) in [5.41, 5.74) is 1.24. The Balaban J connectivity index is 2.11. The van der Waals surface area contributed by atoms with E-state index in [1.54, 1.807) is 7.11 Å². The number of anilines is 1. The van der Waals surface area contributed by atoms with Crippen LogP contribution < -0.4 is 9.64 Å². The monoisotopic (exact) mass is 249 g/mol. The van der Waals surface area contributed by atoms with E-state index in [9.17, 15) is 5.11 Å². The van der Waals surface area contributed by atoms with Gasteiger partial charge in [-0.15, -0.1) is 0 Å². The Kier molecular flexibility index (Phi) is 4.48. The highest BCUT2D eigenvalue weighted by Crippen LogP contribution is 2.28. The van der Waals surface area contributed by atoms with Crippen molar-refractivity contribution in [1.29, 1.82) is 0 Å². The second-order valence-corrected chi connectivity index (χ2v) is 5.13. The molecule has 3 nitrogen and oxygen atoms in total. The van der Waals surface area contributed by atoms with Crippen LogP contribution in [0.1, 0.15) is 32.6 Å². The average Bonchev–Trinajstić information content (AvgIpc) is 2.39. The zero-order valence-electron chi connectivity index (χ0n) is 11.3. The van der Waals surface area contributed by atoms with E-state index in [2.05, 4.69) is 17.0 Å². The van der Waals surface area contributed by atoms with Crippen molar-refractivity contribution in [3.05, 3.63) is 24.3 Å². The summed E-state index contributed by atoms with van der Waals surface area (Å²) in [5.74, 6) is 0.892. The quantitative estimate of drug-likeness (QED) is 0.890. The van der Waals surface area contributed by atoms with Crippen molar-refractivity contribution in [3.63, 3.8) is 0 Å². The fourth-order valence-corrected chi connectivity index (χ4v) is 2.75. The summed E-state index contributed by atoms with van der Waals surface area (Å²) in [6, 6.07) is 8.69. The maximum atomic E-state index is 9.60. The number of piperidine rings is 1. The summed E-state index contributed by atoms with van der Waals surface area (Å²) in [6.45, 7) is 2.96. The van der Waals surface area contributed by atoms with Gasteiger partial charge in [-0.2, -0.15) is 0 Å². The smallest absolute Gasteiger partial charge is 0.119 e. The molecule has 2 atom stereocenters. The zero-order chi connectivity index (χ0) is 13.0. The first-order valence-corrected chi connectivity index (χ1v) is 6.79. The third-order valence-electron chi connectivity index (χ3n) is 3.64. The SMILES string of the molecule is COc1ccc(N2CCCC[C@@H]2CC(C)O)cc1. The number of aliphatic hydroxyl groups is 1. The van der Waals surface area contributed by atoms with Crippen LogP contribution in [0.2, 0.25) is 0 Å². The number of hydrogen-bond acceptors (Lipinski definition) is 3. The van der Waals surface area contributed by atoms with E-state index in [0.717, 1.165) is 18.7 Å². The van der Waals surface area contributed by atoms with Crippen LogP contribution in [0.3, 0.4) is 0 Å². The van der Waals surface area contributed by atoms with Gasteiger partial charge in [0, 0.05) is 18.3 Å². The molecule has 1 aromatic carbocycles. The predicted octanol–water partition coefficient (Wildman–Crippen LogP) is 2.83. The van der Waals surface area contributed by atoms with Gasteiger partial charge in [-0.05, 0) is 56.9 Å². The lowest BCUT2D eigenvalue weighted by atomic mass is 9.96. The van der Waals surface area contributed by atoms with E-state index < -0.39 is 0 Å². The molecular formula is C15H23NO2. The number of aliphatic hydroxyl groups excluding tert-OH is 1. The summed E-state index contributed by atoms with van der Waals surface area (Å²) in [7, 11) is 1.69. The zero-order valence-corrected chi connectivity index (χ0v) is 11.3. The molecule has 0 aromatic heterocycles. The van der Waals surface area contributed by atoms with Gasteiger partial charge in [-0.3, -0.25) is 0 Å². The normalized spacial score (nSPS) is 21.7. The van der Waals surface area contributed by atoms with Gasteiger partial charge in [0.25, 0.3) is 0 Å². The van der Waals surface area contributed by atoms with Crippen LogP contribution in [-0.2, 0) is 0 Å². The largest absolute Gasteiger partial charge is 0.497 e. The molecule has 1 aliphatic heterocycles. The Labute approximate surface area is 109 Å². The second kappa shape index (κ2) is 6.10. The minimum absolute atomic E-state index is 0.228. The number of benzene rings is 1. The molecule has 1 fully saturated rings. The molecule has 1 aliphatic rings. The van der Waals surface area contributed by atoms with E-state index in [1.165, 1.54) is 24.9 Å². The maximum Gasteiger partial charge on any atom is 0.119 e. The van der Waals surface area contributed by atoms with Crippen LogP contribution in [0.4, 0.5) is 5.69 Å². The number of hydrogen-bond donors (Lipinski definition) is 1. The van der Waals surface area contributed by atoms with Gasteiger partial charge in [0.2, 0.25) is 0 Å². The second-order valence-electron chi connectivity index (χ2n) is 5.13. The molecule has 100 valence electrons. The molecule has 1 heterocycles. The van der Waals surface area contributed by atoms with Crippen molar-refractivity contribution in [2.45, 2.75) is 44.8 Å². The predicted molar refractivity (Wildman–Crippen MR) is 74.3 cm³/mol. The van der Waals surface area contributed by atoms with Crippen molar-refractivity contribution in [2.75, 3.05) is 18.6 Å². The van der Waals surface area contributed by atoms with E-state index in [0.29, 0.717) is 6.04 Å². The fraction of sp³-hybridized carbons (Fsp3) is 0.600. The number of rotatable bonds is 4. The van der Waals surface area contributed by atoms with Gasteiger partial charge >= 0.3 is 0 Å². The van der Waals surface area contributed by atoms with Crippen LogP contribution in [-0.4, -0.2) is 30.9 Å². The summed E-state index contributed by atoms with van der Waals surface area (Å²) in [6.07, 6.45) is 4.31. The van der Waals surface area contributed by atoms with Gasteiger partial charge in [0.15, 0.2) is 0 Å². The van der Waals surface area contributed by atoms with Crippen molar-refractivity contribution in [3.8, 4) is 5.75 Å². The van der Waals surface area contributed by atoms with Crippen molar-refractivity contribution in [2.24, 2.45) is 0 Å². The fourth-order valence-electron chi connectivity index (χ4n) is 2.75. The molecule has 0 radical (unpaired) electrons. The van der Waals surface area contributed by atoms with Crippen molar-refractivity contribution >= 4 is 5.69 Å². The third-order valence-corrected chi connectivity index (χ3v) is 3.64. The maximum absolute atomic E-state index is 9.60. The Morgan fingerprint density at radius 1 is 1.33 bits per heavy atom. The van der Waals surface area contributed by atoms with E-state index in [1.807, 2.05) is 19.1 Å². The standard InChI is InChI=1S/C15H23NO2/c1-12(17)11-14-5-3-4-10-16(14)13-6-8-15(18-2)9-7-13/h6-9,12,14,17H,3-5,10-11H2,1-2H3/t12?,14-/m1/s1. The van der Waals surface area contributed by atoms with Crippen LogP contribution >= 0.6 is 0 Å². The first-order valence-electron chi connectivity index (χ1n) is 6.79. The highest BCUT2D eigenvalue weighted by molar-refractivity contribution is 5.50. The van der Waals surface area contributed by atoms with Gasteiger partial charge < -0.3 is 14.7 Å². The first-order chi connectivity index (χ1) is 8.70. The molecule has 1 unspecified atom stereocenters. The molecule has 2 rings (SSSR count). The Hall–Kier alpha value is -1.22. The first kappa shape index (κ1) is 13.2. The Morgan fingerprint density at radius 3 is 2.67 bits per heavy atom. The van der Waals surface area contributed by atoms with Gasteiger partial charge in [-0.1, -0.05) is 0 Å². The van der Waals surface area contributed by atoms with Crippen LogP contribution in [0.15, 0.2) is 24.3 Å². The lowest BCUT2D eigenvalue weighted by Gasteiger charge is -2.38. The molecule has 1 aromatic rings. The summed E-state index contributed by atoms with van der Waals surface area (Å²) in [5, 5.41) is 9.60. The lowest BCUT2D eigenvalue weighted by molar-refractivity contribution is 0.167. The van der Waals surface area contributed by atoms with Gasteiger partial charge in [0.1, 0.15) is 5.75 Å². The Bertz CT molecular complexity index is 361. The van der Waals surface area contributed by atoms with Crippen LogP contribution in [0.5, 0.6) is 5.75 Å². The van der Waals surface area contributed by atoms with Gasteiger partial charge in [-0.25, -0.2) is 0 Å². The van der Waals surface area contributed by atoms with Gasteiger partial charge in [0.05, 0.1) is 13.2 Å². The van der Waals surface area contributed by atoms with E-state index in [4.69, 9.17) is 4.74 Å². The lowest BCUT2D eigenvalue weighted by Crippen LogP contribution is -2.41. The molecule has 0 aliphatic carbocycles. The summed E-state index contributed by atoms with van der Waals surface area (Å²) >= 11 is 0. The molecule has 0 amide bonds. The van der Waals surface area contributed by atoms with E-state index >= 15 is 0 Å². The van der Waals surface area contributed by atoms with Crippen molar-refractivity contribution < 1.29 is 9.84 Å². The molecule has 1 N–H and O–H groups in total. The number of methoxy groups -OCH3 is 1. The Morgan fingerprint density at radius 2 is 2.06 bits per heavy atom. The number of nitrogens with zero attached hydrogens (tertiary/aromatic N) is 1. The molecule has 0 saturated carbocycles. The molecule has 0 bridgehead atoms. The van der Waals surface area contributed by atoms with Crippen molar-refractivity contribution in [1.82, 2.24) is 0 Å². The van der Waals surface area contributed by atoms with Crippen LogP contribution in [0.25, 0.3) is 0 Å². The molecular weight excluding hydrogens is 226 g/mol. The highest BCUT2D eigenvalue weighted by atomic mass is 16.5. The molecule has 18 heavy (non-hydrogen) atoms. The molecule has 3 heteroatoms. The van der Waals surface area contributed by atoms with Crippen LogP contribution in [0, 0.1) is 0 Å². The highest BCUT2D eigenvalue weighted by Gasteiger charge is 2.23. The van der Waals surface area contributed by atoms with E-state index in [-0.39, 0.29) is 6.10 Å². The summed E-state index contributed by atoms with van der Waals surface area (Å²) < 4.78 is 5.19. The minimum atomic E-state index is -0.228. The third kappa shape index (κ3) is 3.16. The topological polar surface area (TPSA) is 32.7 Å². The number of ether oxygens (including phenoxy) is 1. The summed E-state index contributed by atoms with van der Waals surface area (Å²) in [4.78, 5) is 2.43. The average molecular weight is 249 g/mol. The minimum Gasteiger partial charge on any atom is -0.497 e.